The quantitative estimate of drug-likeness (QED) is 0.596. The first-order valence-corrected chi connectivity index (χ1v) is 5.86. The van der Waals surface area contributed by atoms with Gasteiger partial charge in [-0.05, 0) is 32.7 Å². The van der Waals surface area contributed by atoms with Gasteiger partial charge in [-0.3, -0.25) is 4.79 Å². The van der Waals surface area contributed by atoms with Gasteiger partial charge in [0.15, 0.2) is 0 Å². The predicted molar refractivity (Wildman–Crippen MR) is 64.0 cm³/mol. The van der Waals surface area contributed by atoms with Crippen molar-refractivity contribution in [3.05, 3.63) is 12.7 Å². The summed E-state index contributed by atoms with van der Waals surface area (Å²) in [6.45, 7) is 4.25. The molecule has 0 aromatic heterocycles. The Morgan fingerprint density at radius 1 is 1.56 bits per heavy atom. The van der Waals surface area contributed by atoms with E-state index in [9.17, 15) is 9.90 Å². The number of carbonyl (C=O) groups excluding carboxylic acids is 1. The molecular formula is C12H22N2O2. The van der Waals surface area contributed by atoms with Crippen molar-refractivity contribution in [1.29, 1.82) is 0 Å². The van der Waals surface area contributed by atoms with E-state index in [1.165, 1.54) is 0 Å². The highest BCUT2D eigenvalue weighted by Crippen LogP contribution is 2.31. The fraction of sp³-hybridized carbons (Fsp3) is 0.750. The fourth-order valence-corrected chi connectivity index (χ4v) is 2.24. The highest BCUT2D eigenvalue weighted by Gasteiger charge is 2.35. The average Bonchev–Trinajstić information content (AvgIpc) is 2.36. The fourth-order valence-electron chi connectivity index (χ4n) is 2.24. The number of amides is 1. The van der Waals surface area contributed by atoms with Crippen molar-refractivity contribution >= 4 is 5.91 Å². The van der Waals surface area contributed by atoms with Crippen molar-refractivity contribution in [1.82, 2.24) is 10.6 Å². The van der Waals surface area contributed by atoms with Crippen LogP contribution in [0.4, 0.5) is 0 Å². The predicted octanol–water partition coefficient (Wildman–Crippen LogP) is 0.429. The second-order valence-electron chi connectivity index (χ2n) is 4.50. The molecule has 4 heteroatoms. The van der Waals surface area contributed by atoms with Gasteiger partial charge in [0.25, 0.3) is 0 Å². The molecule has 0 radical (unpaired) electrons. The van der Waals surface area contributed by atoms with Crippen LogP contribution in [-0.4, -0.2) is 36.8 Å². The molecule has 1 aliphatic carbocycles. The Balaban J connectivity index is 2.41. The van der Waals surface area contributed by atoms with E-state index < -0.39 is 0 Å². The number of nitrogens with one attached hydrogen (secondary N) is 2. The highest BCUT2D eigenvalue weighted by atomic mass is 16.3. The van der Waals surface area contributed by atoms with Crippen LogP contribution in [0.3, 0.4) is 0 Å². The summed E-state index contributed by atoms with van der Waals surface area (Å²) in [7, 11) is 1.87. The summed E-state index contributed by atoms with van der Waals surface area (Å²) in [5, 5.41) is 15.3. The third-order valence-corrected chi connectivity index (χ3v) is 3.57. The minimum atomic E-state index is -0.171. The van der Waals surface area contributed by atoms with Crippen molar-refractivity contribution in [3.63, 3.8) is 0 Å². The maximum atomic E-state index is 11.7. The van der Waals surface area contributed by atoms with Crippen molar-refractivity contribution in [2.75, 3.05) is 20.2 Å². The molecule has 0 atom stereocenters. The van der Waals surface area contributed by atoms with Crippen LogP contribution in [0.2, 0.25) is 0 Å². The zero-order chi connectivity index (χ0) is 12.0. The summed E-state index contributed by atoms with van der Waals surface area (Å²) in [4.78, 5) is 11.7. The van der Waals surface area contributed by atoms with Gasteiger partial charge < -0.3 is 15.7 Å². The van der Waals surface area contributed by atoms with Gasteiger partial charge in [0.1, 0.15) is 0 Å². The van der Waals surface area contributed by atoms with Crippen LogP contribution in [0.1, 0.15) is 25.7 Å². The Kier molecular flexibility index (Phi) is 4.96. The lowest BCUT2D eigenvalue weighted by molar-refractivity contribution is -0.126. The van der Waals surface area contributed by atoms with Crippen LogP contribution in [0.15, 0.2) is 12.7 Å². The van der Waals surface area contributed by atoms with Crippen molar-refractivity contribution < 1.29 is 9.90 Å². The molecule has 0 spiro atoms. The van der Waals surface area contributed by atoms with Gasteiger partial charge in [-0.2, -0.15) is 0 Å². The largest absolute Gasteiger partial charge is 0.394 e. The molecule has 0 heterocycles. The Bertz CT molecular complexity index is 239. The van der Waals surface area contributed by atoms with Crippen LogP contribution >= 0.6 is 0 Å². The van der Waals surface area contributed by atoms with Crippen LogP contribution < -0.4 is 10.6 Å². The van der Waals surface area contributed by atoms with Gasteiger partial charge in [0.05, 0.1) is 6.61 Å². The minimum Gasteiger partial charge on any atom is -0.394 e. The molecule has 1 amide bonds. The molecule has 16 heavy (non-hydrogen) atoms. The smallest absolute Gasteiger partial charge is 0.223 e. The number of hydrogen-bond acceptors (Lipinski definition) is 3. The molecule has 0 aliphatic heterocycles. The zero-order valence-electron chi connectivity index (χ0n) is 9.96. The average molecular weight is 226 g/mol. The molecule has 3 N–H and O–H groups in total. The lowest BCUT2D eigenvalue weighted by Gasteiger charge is -2.38. The third kappa shape index (κ3) is 3.06. The van der Waals surface area contributed by atoms with Crippen LogP contribution in [0.25, 0.3) is 0 Å². The van der Waals surface area contributed by atoms with Crippen molar-refractivity contribution in [2.45, 2.75) is 31.2 Å². The molecule has 0 bridgehead atoms. The molecule has 0 aromatic rings. The molecule has 0 saturated heterocycles. The minimum absolute atomic E-state index is 0.0907. The first-order chi connectivity index (χ1) is 7.67. The monoisotopic (exact) mass is 226 g/mol. The van der Waals surface area contributed by atoms with Crippen molar-refractivity contribution in [2.24, 2.45) is 5.92 Å². The number of carbonyl (C=O) groups is 1. The molecule has 1 fully saturated rings. The molecule has 1 saturated carbocycles. The SMILES string of the molecule is C=CCNC(=O)C1CCC(CO)(NC)CC1. The van der Waals surface area contributed by atoms with Gasteiger partial charge in [-0.1, -0.05) is 6.08 Å². The Hall–Kier alpha value is -0.870. The summed E-state index contributed by atoms with van der Waals surface area (Å²) < 4.78 is 0. The van der Waals surface area contributed by atoms with E-state index in [1.807, 2.05) is 7.05 Å². The highest BCUT2D eigenvalue weighted by molar-refractivity contribution is 5.78. The number of aliphatic hydroxyl groups excluding tert-OH is 1. The number of hydrogen-bond donors (Lipinski definition) is 3. The van der Waals surface area contributed by atoms with Gasteiger partial charge in [-0.15, -0.1) is 6.58 Å². The normalized spacial score (nSPS) is 29.8. The molecule has 4 nitrogen and oxygen atoms in total. The first-order valence-electron chi connectivity index (χ1n) is 5.86. The molecule has 92 valence electrons. The van der Waals surface area contributed by atoms with E-state index in [0.29, 0.717) is 6.54 Å². The van der Waals surface area contributed by atoms with E-state index in [-0.39, 0.29) is 24.0 Å². The van der Waals surface area contributed by atoms with Crippen LogP contribution in [0.5, 0.6) is 0 Å². The topological polar surface area (TPSA) is 61.4 Å². The van der Waals surface area contributed by atoms with Gasteiger partial charge in [0, 0.05) is 18.0 Å². The van der Waals surface area contributed by atoms with Crippen molar-refractivity contribution in [3.8, 4) is 0 Å². The summed E-state index contributed by atoms with van der Waals surface area (Å²) in [5.41, 5.74) is -0.171. The second kappa shape index (κ2) is 6.01. The van der Waals surface area contributed by atoms with Gasteiger partial charge in [0.2, 0.25) is 5.91 Å². The summed E-state index contributed by atoms with van der Waals surface area (Å²) >= 11 is 0. The number of aliphatic hydroxyl groups is 1. The Labute approximate surface area is 97.1 Å². The lowest BCUT2D eigenvalue weighted by atomic mass is 9.76. The van der Waals surface area contributed by atoms with E-state index in [1.54, 1.807) is 6.08 Å². The van der Waals surface area contributed by atoms with Gasteiger partial charge in [-0.25, -0.2) is 0 Å². The third-order valence-electron chi connectivity index (χ3n) is 3.57. The maximum absolute atomic E-state index is 11.7. The lowest BCUT2D eigenvalue weighted by Crippen LogP contribution is -2.50. The maximum Gasteiger partial charge on any atom is 0.223 e. The number of likely N-dealkylation sites (N-methyl/N-ethyl adjacent to an activating group) is 1. The second-order valence-corrected chi connectivity index (χ2v) is 4.50. The summed E-state index contributed by atoms with van der Waals surface area (Å²) in [5.74, 6) is 0.204. The molecule has 0 aromatic carbocycles. The summed E-state index contributed by atoms with van der Waals surface area (Å²) in [6.07, 6.45) is 5.07. The molecule has 1 aliphatic rings. The van der Waals surface area contributed by atoms with E-state index >= 15 is 0 Å². The zero-order valence-corrected chi connectivity index (χ0v) is 9.96. The first kappa shape index (κ1) is 13.2. The number of rotatable bonds is 5. The standard InChI is InChI=1S/C12H22N2O2/c1-3-8-14-11(16)10-4-6-12(9-15,13-2)7-5-10/h3,10,13,15H,1,4-9H2,2H3,(H,14,16). The molecular weight excluding hydrogens is 204 g/mol. The van der Waals surface area contributed by atoms with Crippen LogP contribution in [0, 0.1) is 5.92 Å². The van der Waals surface area contributed by atoms with Gasteiger partial charge >= 0.3 is 0 Å². The van der Waals surface area contributed by atoms with Crippen LogP contribution in [-0.2, 0) is 4.79 Å². The Morgan fingerprint density at radius 2 is 2.19 bits per heavy atom. The van der Waals surface area contributed by atoms with E-state index in [2.05, 4.69) is 17.2 Å². The molecule has 1 rings (SSSR count). The summed E-state index contributed by atoms with van der Waals surface area (Å²) in [6, 6.07) is 0. The molecule has 0 unspecified atom stereocenters. The van der Waals surface area contributed by atoms with E-state index in [4.69, 9.17) is 0 Å². The Morgan fingerprint density at radius 3 is 2.62 bits per heavy atom. The van der Waals surface area contributed by atoms with E-state index in [0.717, 1.165) is 25.7 Å².